The lowest BCUT2D eigenvalue weighted by molar-refractivity contribution is 0.580. The van der Waals surface area contributed by atoms with Crippen LogP contribution in [-0.2, 0) is 11.8 Å². The lowest BCUT2D eigenvalue weighted by Gasteiger charge is -2.19. The van der Waals surface area contributed by atoms with Crippen molar-refractivity contribution in [2.24, 2.45) is 5.73 Å². The summed E-state index contributed by atoms with van der Waals surface area (Å²) in [6, 6.07) is 10.2. The van der Waals surface area contributed by atoms with E-state index in [0.717, 1.165) is 12.1 Å². The second kappa shape index (κ2) is 4.94. The molecule has 0 amide bonds. The predicted molar refractivity (Wildman–Crippen MR) is 75.0 cm³/mol. The van der Waals surface area contributed by atoms with E-state index >= 15 is 0 Å². The Hall–Kier alpha value is -1.61. The first-order valence-corrected chi connectivity index (χ1v) is 6.37. The predicted octanol–water partition coefficient (Wildman–Crippen LogP) is 2.67. The number of nitrogens with zero attached hydrogens (tertiary/aromatic N) is 2. The zero-order chi connectivity index (χ0) is 13.2. The first-order valence-electron chi connectivity index (χ1n) is 6.37. The molecule has 0 unspecified atom stereocenters. The Bertz CT molecular complexity index is 506. The molecule has 0 spiro atoms. The van der Waals surface area contributed by atoms with E-state index in [-0.39, 0.29) is 5.41 Å². The van der Waals surface area contributed by atoms with Gasteiger partial charge in [0.2, 0.25) is 0 Å². The molecule has 3 heteroatoms. The molecule has 2 N–H and O–H groups in total. The van der Waals surface area contributed by atoms with Crippen LogP contribution in [0.2, 0.25) is 0 Å². The zero-order valence-electron chi connectivity index (χ0n) is 11.4. The van der Waals surface area contributed by atoms with E-state index in [4.69, 9.17) is 5.73 Å². The minimum Gasteiger partial charge on any atom is -0.330 e. The number of para-hydroxylation sites is 1. The zero-order valence-corrected chi connectivity index (χ0v) is 11.4. The lowest BCUT2D eigenvalue weighted by atomic mass is 9.86. The van der Waals surface area contributed by atoms with E-state index in [2.05, 4.69) is 38.0 Å². The molecule has 0 saturated carbocycles. The van der Waals surface area contributed by atoms with Gasteiger partial charge in [0.25, 0.3) is 0 Å². The molecule has 96 valence electrons. The largest absolute Gasteiger partial charge is 0.330 e. The molecule has 0 fully saturated rings. The van der Waals surface area contributed by atoms with Crippen molar-refractivity contribution in [3.63, 3.8) is 0 Å². The maximum Gasteiger partial charge on any atom is 0.0648 e. The number of rotatable bonds is 3. The van der Waals surface area contributed by atoms with Crippen molar-refractivity contribution < 1.29 is 0 Å². The van der Waals surface area contributed by atoms with E-state index in [1.807, 2.05) is 29.1 Å². The summed E-state index contributed by atoms with van der Waals surface area (Å²) < 4.78 is 2.01. The van der Waals surface area contributed by atoms with E-state index in [0.29, 0.717) is 6.54 Å². The van der Waals surface area contributed by atoms with Gasteiger partial charge in [0.15, 0.2) is 0 Å². The number of hydrogen-bond acceptors (Lipinski definition) is 2. The van der Waals surface area contributed by atoms with E-state index in [1.54, 1.807) is 0 Å². The number of nitrogens with two attached hydrogens (primary N) is 1. The molecule has 2 rings (SSSR count). The smallest absolute Gasteiger partial charge is 0.0648 e. The third-order valence-corrected chi connectivity index (χ3v) is 3.06. The molecule has 2 aromatic rings. The van der Waals surface area contributed by atoms with Crippen molar-refractivity contribution in [2.45, 2.75) is 32.6 Å². The van der Waals surface area contributed by atoms with Gasteiger partial charge in [-0.2, -0.15) is 5.10 Å². The van der Waals surface area contributed by atoms with Gasteiger partial charge in [0, 0.05) is 12.1 Å². The highest BCUT2D eigenvalue weighted by molar-refractivity contribution is 5.37. The molecular formula is C15H21N3. The summed E-state index contributed by atoms with van der Waals surface area (Å²) in [5, 5.41) is 4.53. The number of hydrogen-bond donors (Lipinski definition) is 1. The average molecular weight is 243 g/mol. The van der Waals surface area contributed by atoms with Gasteiger partial charge in [-0.1, -0.05) is 39.0 Å². The van der Waals surface area contributed by atoms with Crippen molar-refractivity contribution in [3.8, 4) is 5.69 Å². The SMILES string of the molecule is CC(C)(C)c1cnn(-c2ccccc2)c1CCN. The third-order valence-electron chi connectivity index (χ3n) is 3.06. The molecule has 3 nitrogen and oxygen atoms in total. The third kappa shape index (κ3) is 2.46. The summed E-state index contributed by atoms with van der Waals surface area (Å²) in [6.07, 6.45) is 2.82. The summed E-state index contributed by atoms with van der Waals surface area (Å²) in [5.41, 5.74) is 9.42. The van der Waals surface area contributed by atoms with Crippen molar-refractivity contribution in [3.05, 3.63) is 47.8 Å². The van der Waals surface area contributed by atoms with Crippen molar-refractivity contribution in [1.29, 1.82) is 0 Å². The fourth-order valence-corrected chi connectivity index (χ4v) is 2.17. The Morgan fingerprint density at radius 2 is 1.83 bits per heavy atom. The standard InChI is InChI=1S/C15H21N3/c1-15(2,3)13-11-17-18(14(13)9-10-16)12-7-5-4-6-8-12/h4-8,11H,9-10,16H2,1-3H3. The fourth-order valence-electron chi connectivity index (χ4n) is 2.17. The second-order valence-corrected chi connectivity index (χ2v) is 5.54. The van der Waals surface area contributed by atoms with Crippen LogP contribution in [0.25, 0.3) is 5.69 Å². The van der Waals surface area contributed by atoms with Gasteiger partial charge in [-0.25, -0.2) is 4.68 Å². The normalized spacial score (nSPS) is 11.8. The van der Waals surface area contributed by atoms with Gasteiger partial charge in [-0.05, 0) is 29.7 Å². The molecule has 1 aromatic carbocycles. The molecule has 18 heavy (non-hydrogen) atoms. The second-order valence-electron chi connectivity index (χ2n) is 5.54. The maximum atomic E-state index is 5.74. The molecule has 0 aliphatic rings. The fraction of sp³-hybridized carbons (Fsp3) is 0.400. The summed E-state index contributed by atoms with van der Waals surface area (Å²) in [5.74, 6) is 0. The van der Waals surface area contributed by atoms with E-state index in [1.165, 1.54) is 11.3 Å². The molecule has 0 aliphatic heterocycles. The Labute approximate surface area is 109 Å². The Morgan fingerprint density at radius 3 is 2.39 bits per heavy atom. The first-order chi connectivity index (χ1) is 8.54. The van der Waals surface area contributed by atoms with Crippen LogP contribution in [-0.4, -0.2) is 16.3 Å². The average Bonchev–Trinajstić information content (AvgIpc) is 2.74. The lowest BCUT2D eigenvalue weighted by Crippen LogP contribution is -2.17. The van der Waals surface area contributed by atoms with Crippen molar-refractivity contribution in [2.75, 3.05) is 6.54 Å². The van der Waals surface area contributed by atoms with Crippen LogP contribution < -0.4 is 5.73 Å². The summed E-state index contributed by atoms with van der Waals surface area (Å²) in [6.45, 7) is 7.26. The van der Waals surface area contributed by atoms with Gasteiger partial charge < -0.3 is 5.73 Å². The molecule has 0 radical (unpaired) electrons. The number of benzene rings is 1. The highest BCUT2D eigenvalue weighted by atomic mass is 15.3. The van der Waals surface area contributed by atoms with Crippen LogP contribution in [0.5, 0.6) is 0 Å². The molecule has 0 saturated heterocycles. The Kier molecular flexibility index (Phi) is 3.53. The van der Waals surface area contributed by atoms with Gasteiger partial charge >= 0.3 is 0 Å². The van der Waals surface area contributed by atoms with Crippen LogP contribution in [0.1, 0.15) is 32.0 Å². The highest BCUT2D eigenvalue weighted by Crippen LogP contribution is 2.27. The van der Waals surface area contributed by atoms with E-state index < -0.39 is 0 Å². The summed E-state index contributed by atoms with van der Waals surface area (Å²) in [7, 11) is 0. The first kappa shape index (κ1) is 12.8. The molecule has 0 atom stereocenters. The van der Waals surface area contributed by atoms with Crippen LogP contribution >= 0.6 is 0 Å². The maximum absolute atomic E-state index is 5.74. The van der Waals surface area contributed by atoms with Crippen LogP contribution in [0, 0.1) is 0 Å². The Balaban J connectivity index is 2.52. The minimum atomic E-state index is 0.0948. The van der Waals surface area contributed by atoms with Gasteiger partial charge in [0.1, 0.15) is 0 Å². The number of aromatic nitrogens is 2. The summed E-state index contributed by atoms with van der Waals surface area (Å²) in [4.78, 5) is 0. The van der Waals surface area contributed by atoms with Gasteiger partial charge in [-0.15, -0.1) is 0 Å². The molecule has 0 aliphatic carbocycles. The summed E-state index contributed by atoms with van der Waals surface area (Å²) >= 11 is 0. The topological polar surface area (TPSA) is 43.8 Å². The van der Waals surface area contributed by atoms with E-state index in [9.17, 15) is 0 Å². The molecule has 1 aromatic heterocycles. The van der Waals surface area contributed by atoms with Gasteiger partial charge in [0.05, 0.1) is 11.9 Å². The van der Waals surface area contributed by atoms with Crippen LogP contribution in [0.4, 0.5) is 0 Å². The van der Waals surface area contributed by atoms with Crippen molar-refractivity contribution in [1.82, 2.24) is 9.78 Å². The minimum absolute atomic E-state index is 0.0948. The van der Waals surface area contributed by atoms with Gasteiger partial charge in [-0.3, -0.25) is 0 Å². The van der Waals surface area contributed by atoms with Crippen LogP contribution in [0.15, 0.2) is 36.5 Å². The Morgan fingerprint density at radius 1 is 1.17 bits per heavy atom. The molecular weight excluding hydrogens is 222 g/mol. The highest BCUT2D eigenvalue weighted by Gasteiger charge is 2.22. The monoisotopic (exact) mass is 243 g/mol. The molecule has 0 bridgehead atoms. The molecule has 1 heterocycles. The van der Waals surface area contributed by atoms with Crippen LogP contribution in [0.3, 0.4) is 0 Å². The van der Waals surface area contributed by atoms with Crippen molar-refractivity contribution >= 4 is 0 Å². The quantitative estimate of drug-likeness (QED) is 0.900.